The molecule has 0 saturated carbocycles. The molecule has 0 spiro atoms. The Bertz CT molecular complexity index is 3450. The zero-order chi connectivity index (χ0) is 69.2. The van der Waals surface area contributed by atoms with Crippen molar-refractivity contribution >= 4 is 63.6 Å². The fraction of sp³-hybridized carbons (Fsp3) is 0.585. The van der Waals surface area contributed by atoms with E-state index in [0.29, 0.717) is 208 Å². The number of benzene rings is 2. The molecule has 97 heavy (non-hydrogen) atoms. The van der Waals surface area contributed by atoms with E-state index in [1.165, 1.54) is 19.2 Å². The van der Waals surface area contributed by atoms with Crippen molar-refractivity contribution in [1.82, 2.24) is 48.5 Å². The lowest BCUT2D eigenvalue weighted by atomic mass is 10.1. The molecule has 4 amide bonds. The number of amides is 4. The van der Waals surface area contributed by atoms with Crippen molar-refractivity contribution in [2.45, 2.75) is 66.7 Å². The van der Waals surface area contributed by atoms with Crippen molar-refractivity contribution in [3.05, 3.63) is 82.5 Å². The molecule has 0 radical (unpaired) electrons. The summed E-state index contributed by atoms with van der Waals surface area (Å²) in [6.07, 6.45) is 4.37. The van der Waals surface area contributed by atoms with Gasteiger partial charge in [-0.1, -0.05) is 12.2 Å². The van der Waals surface area contributed by atoms with Gasteiger partial charge in [0.05, 0.1) is 175 Å². The van der Waals surface area contributed by atoms with Crippen molar-refractivity contribution < 1.29 is 85.9 Å². The molecule has 1 aliphatic heterocycles. The maximum atomic E-state index is 14.0. The molecule has 0 bridgehead atoms. The van der Waals surface area contributed by atoms with Crippen LogP contribution in [-0.2, 0) is 78.3 Å². The van der Waals surface area contributed by atoms with Gasteiger partial charge in [0.2, 0.25) is 23.7 Å². The van der Waals surface area contributed by atoms with Crippen molar-refractivity contribution in [3.63, 3.8) is 0 Å². The predicted octanol–water partition coefficient (Wildman–Crippen LogP) is 3.43. The van der Waals surface area contributed by atoms with Crippen molar-refractivity contribution in [1.29, 1.82) is 0 Å². The first-order chi connectivity index (χ1) is 47.2. The zero-order valence-corrected chi connectivity index (χ0v) is 56.5. The summed E-state index contributed by atoms with van der Waals surface area (Å²) in [5.41, 5.74) is 15.7. The Kier molecular flexibility index (Phi) is 33.0. The molecule has 5 heterocycles. The van der Waals surface area contributed by atoms with E-state index in [2.05, 4.69) is 30.6 Å². The number of aryl methyl sites for hydroxylation is 4. The first-order valence-electron chi connectivity index (χ1n) is 32.8. The summed E-state index contributed by atoms with van der Waals surface area (Å²) in [4.78, 5) is 77.8. The van der Waals surface area contributed by atoms with E-state index < -0.39 is 29.6 Å². The third-order valence-corrected chi connectivity index (χ3v) is 15.2. The van der Waals surface area contributed by atoms with Crippen molar-refractivity contribution in [3.8, 4) is 11.5 Å². The highest BCUT2D eigenvalue weighted by atomic mass is 16.6. The molecule has 6 aromatic rings. The SMILES string of the molecule is CCn1nc(C)cc1C(=O)Nc1nc2cc(C(N)=O)cc(OC)c2n1C/C=C/Cn1c(NC(=O)c2cc(C)nn2CC)nc2cc(C(N)=O)cc(OCCCN3CCN(CCOCCOCCOCCOCCOCCOCCOCCOCCOCCOCCC(=O)O)CC3)c21. The van der Waals surface area contributed by atoms with E-state index in [-0.39, 0.29) is 49.1 Å². The van der Waals surface area contributed by atoms with Gasteiger partial charge in [-0.2, -0.15) is 10.2 Å². The fourth-order valence-electron chi connectivity index (χ4n) is 10.3. The van der Waals surface area contributed by atoms with Gasteiger partial charge in [0, 0.05) is 76.6 Å². The molecule has 0 aliphatic carbocycles. The first-order valence-corrected chi connectivity index (χ1v) is 32.8. The minimum absolute atomic E-state index is 0.0196. The number of methoxy groups -OCH3 is 1. The minimum Gasteiger partial charge on any atom is -0.494 e. The summed E-state index contributed by atoms with van der Waals surface area (Å²) in [5.74, 6) is -2.12. The number of carbonyl (C=O) groups is 5. The molecule has 7 N–H and O–H groups in total. The summed E-state index contributed by atoms with van der Waals surface area (Å²) in [7, 11) is 1.46. The first kappa shape index (κ1) is 76.4. The summed E-state index contributed by atoms with van der Waals surface area (Å²) in [6, 6.07) is 9.61. The molecule has 1 fully saturated rings. The monoisotopic (exact) mass is 1360 g/mol. The Labute approximate surface area is 563 Å². The topological polar surface area (TPSA) is 370 Å². The zero-order valence-electron chi connectivity index (χ0n) is 56.5. The van der Waals surface area contributed by atoms with Gasteiger partial charge in [0.1, 0.15) is 33.9 Å². The van der Waals surface area contributed by atoms with Crippen LogP contribution in [-0.4, -0.2) is 268 Å². The van der Waals surface area contributed by atoms with Crippen LogP contribution in [0.3, 0.4) is 0 Å². The lowest BCUT2D eigenvalue weighted by molar-refractivity contribution is -0.138. The summed E-state index contributed by atoms with van der Waals surface area (Å²) >= 11 is 0. The van der Waals surface area contributed by atoms with Crippen LogP contribution >= 0.6 is 0 Å². The highest BCUT2D eigenvalue weighted by molar-refractivity contribution is 6.05. The molecular weight excluding hydrogens is 1260 g/mol. The Hall–Kier alpha value is -7.99. The predicted molar refractivity (Wildman–Crippen MR) is 357 cm³/mol. The van der Waals surface area contributed by atoms with Gasteiger partial charge in [-0.15, -0.1) is 0 Å². The highest BCUT2D eigenvalue weighted by Gasteiger charge is 2.25. The number of rotatable bonds is 51. The van der Waals surface area contributed by atoms with Gasteiger partial charge in [-0.3, -0.25) is 48.9 Å². The van der Waals surface area contributed by atoms with Crippen LogP contribution in [0.4, 0.5) is 11.9 Å². The van der Waals surface area contributed by atoms with Crippen LogP contribution in [0.5, 0.6) is 11.5 Å². The number of fused-ring (bicyclic) bond motifs is 2. The Morgan fingerprint density at radius 2 is 0.856 bits per heavy atom. The number of nitrogens with two attached hydrogens (primary N) is 2. The Morgan fingerprint density at radius 1 is 0.495 bits per heavy atom. The normalized spacial score (nSPS) is 13.0. The van der Waals surface area contributed by atoms with Crippen LogP contribution in [0, 0.1) is 13.8 Å². The van der Waals surface area contributed by atoms with Crippen LogP contribution in [0.1, 0.15) is 79.8 Å². The summed E-state index contributed by atoms with van der Waals surface area (Å²) < 4.78 is 74.2. The minimum atomic E-state index is -0.887. The average molecular weight is 1360 g/mol. The standard InChI is InChI=1S/C65H96N14O18/c1-6-78-53(41-47(3)72-78)62(84)70-64-68-51-43-49(60(66)82)45-55(86-5)58(51)76(64)13-8-9-14-77-59-52(69-65(77)71-63(85)54-42-48(4)73-79(54)7-2)44-50(61(67)83)46-56(59)97-20-10-12-74-15-17-75(18-16-74)19-22-88-24-26-90-28-30-92-32-34-94-36-38-96-40-39-95-37-35-93-33-31-91-29-27-89-25-23-87-21-11-57(80)81/h8-9,41-46H,6-7,10-40H2,1-5H3,(H2,66,82)(H2,67,83)(H,80,81)(H,68,70,84)(H,69,71,85)/b9-8+. The Morgan fingerprint density at radius 3 is 1.23 bits per heavy atom. The van der Waals surface area contributed by atoms with Crippen LogP contribution < -0.4 is 31.6 Å². The number of aliphatic carboxylic acids is 1. The number of hydrogen-bond acceptors (Lipinski definition) is 23. The molecule has 4 aromatic heterocycles. The number of carboxylic acids is 1. The van der Waals surface area contributed by atoms with Crippen molar-refractivity contribution in [2.75, 3.05) is 196 Å². The molecule has 0 atom stereocenters. The second-order valence-corrected chi connectivity index (χ2v) is 22.2. The van der Waals surface area contributed by atoms with Gasteiger partial charge in [0.25, 0.3) is 11.8 Å². The lowest BCUT2D eigenvalue weighted by Crippen LogP contribution is -2.47. The number of piperazine rings is 1. The maximum Gasteiger partial charge on any atom is 0.305 e. The number of primary amides is 2. The molecule has 32 heteroatoms. The van der Waals surface area contributed by atoms with E-state index in [0.717, 1.165) is 39.3 Å². The number of carbonyl (C=O) groups excluding carboxylic acids is 4. The maximum absolute atomic E-state index is 14.0. The Balaban J connectivity index is 0.793. The van der Waals surface area contributed by atoms with E-state index in [1.807, 2.05) is 32.9 Å². The number of nitrogens with one attached hydrogen (secondary N) is 2. The number of aromatic nitrogens is 8. The number of hydrogen-bond donors (Lipinski definition) is 5. The fourth-order valence-corrected chi connectivity index (χ4v) is 10.3. The van der Waals surface area contributed by atoms with Crippen molar-refractivity contribution in [2.24, 2.45) is 11.5 Å². The molecular formula is C65H96N14O18. The second kappa shape index (κ2) is 42.0. The van der Waals surface area contributed by atoms with Crippen LogP contribution in [0.15, 0.2) is 48.6 Å². The molecule has 32 nitrogen and oxygen atoms in total. The third kappa shape index (κ3) is 25.1. The lowest BCUT2D eigenvalue weighted by Gasteiger charge is -2.34. The molecule has 534 valence electrons. The average Bonchev–Trinajstić information content (AvgIpc) is 1.64. The molecule has 7 rings (SSSR count). The van der Waals surface area contributed by atoms with E-state index in [1.54, 1.807) is 49.7 Å². The molecule has 1 saturated heterocycles. The largest absolute Gasteiger partial charge is 0.494 e. The van der Waals surface area contributed by atoms with E-state index in [4.69, 9.17) is 83.4 Å². The molecule has 0 unspecified atom stereocenters. The number of ether oxygens (including phenoxy) is 12. The smallest absolute Gasteiger partial charge is 0.305 e. The van der Waals surface area contributed by atoms with Gasteiger partial charge in [0.15, 0.2) is 0 Å². The number of imidazole rings is 2. The number of anilines is 2. The molecule has 2 aromatic carbocycles. The summed E-state index contributed by atoms with van der Waals surface area (Å²) in [6.45, 7) is 22.8. The number of allylic oxidation sites excluding steroid dienone is 2. The number of carboxylic acid groups (broad SMARTS) is 1. The molecule has 1 aliphatic rings. The van der Waals surface area contributed by atoms with E-state index >= 15 is 0 Å². The van der Waals surface area contributed by atoms with Crippen LogP contribution in [0.25, 0.3) is 22.1 Å². The second-order valence-electron chi connectivity index (χ2n) is 22.2. The van der Waals surface area contributed by atoms with Crippen LogP contribution in [0.2, 0.25) is 0 Å². The highest BCUT2D eigenvalue weighted by Crippen LogP contribution is 2.33. The van der Waals surface area contributed by atoms with Gasteiger partial charge < -0.3 is 87.5 Å². The van der Waals surface area contributed by atoms with Gasteiger partial charge in [-0.05, 0) is 70.5 Å². The number of nitrogens with zero attached hydrogens (tertiary/aromatic N) is 10. The van der Waals surface area contributed by atoms with E-state index in [9.17, 15) is 24.0 Å². The quantitative estimate of drug-likeness (QED) is 0.0270. The summed E-state index contributed by atoms with van der Waals surface area (Å²) in [5, 5.41) is 23.4. The third-order valence-electron chi connectivity index (χ3n) is 15.2. The van der Waals surface area contributed by atoms with Gasteiger partial charge >= 0.3 is 5.97 Å². The van der Waals surface area contributed by atoms with Gasteiger partial charge in [-0.25, -0.2) is 9.97 Å².